The topological polar surface area (TPSA) is 9.23 Å². The Balaban J connectivity index is 2.13. The average Bonchev–Trinajstić information content (AvgIpc) is 2.30. The van der Waals surface area contributed by atoms with Gasteiger partial charge in [-0.25, -0.2) is 0 Å². The minimum absolute atomic E-state index is 0.456. The molecule has 1 fully saturated rings. The Morgan fingerprint density at radius 3 is 2.59 bits per heavy atom. The molecule has 1 heterocycles. The second-order valence-electron chi connectivity index (χ2n) is 5.73. The van der Waals surface area contributed by atoms with Gasteiger partial charge < -0.3 is 4.43 Å². The van der Waals surface area contributed by atoms with E-state index in [1.165, 1.54) is 30.9 Å². The van der Waals surface area contributed by atoms with Gasteiger partial charge in [0, 0.05) is 5.92 Å². The highest BCUT2D eigenvalue weighted by Crippen LogP contribution is 2.35. The minimum Gasteiger partial charge on any atom is -0.414 e. The van der Waals surface area contributed by atoms with Crippen molar-refractivity contribution in [3.05, 3.63) is 35.9 Å². The fraction of sp³-hybridized carbons (Fsp3) is 0.600. The van der Waals surface area contributed by atoms with Crippen LogP contribution in [-0.2, 0) is 4.43 Å². The third kappa shape index (κ3) is 3.20. The number of hydrogen-bond acceptors (Lipinski definition) is 1. The molecular formula is C15H24OSi. The molecular weight excluding hydrogens is 224 g/mol. The van der Waals surface area contributed by atoms with E-state index < -0.39 is 8.32 Å². The van der Waals surface area contributed by atoms with E-state index in [0.29, 0.717) is 12.0 Å². The molecule has 0 aromatic heterocycles. The molecule has 0 bridgehead atoms. The molecule has 1 saturated heterocycles. The Kier molecular flexibility index (Phi) is 4.05. The summed E-state index contributed by atoms with van der Waals surface area (Å²) in [6.07, 6.45) is 4.23. The fourth-order valence-corrected chi connectivity index (χ4v) is 5.23. The molecule has 2 heteroatoms. The highest BCUT2D eigenvalue weighted by atomic mass is 28.4. The van der Waals surface area contributed by atoms with Crippen molar-refractivity contribution in [2.24, 2.45) is 0 Å². The second kappa shape index (κ2) is 5.36. The Bertz CT molecular complexity index is 347. The molecule has 1 aliphatic rings. The summed E-state index contributed by atoms with van der Waals surface area (Å²) < 4.78 is 6.42. The first-order valence-electron chi connectivity index (χ1n) is 6.85. The van der Waals surface area contributed by atoms with E-state index in [-0.39, 0.29) is 0 Å². The van der Waals surface area contributed by atoms with Crippen molar-refractivity contribution in [1.82, 2.24) is 0 Å². The lowest BCUT2D eigenvalue weighted by Crippen LogP contribution is -2.41. The lowest BCUT2D eigenvalue weighted by Gasteiger charge is -2.38. The van der Waals surface area contributed by atoms with Crippen LogP contribution >= 0.6 is 0 Å². The van der Waals surface area contributed by atoms with Crippen molar-refractivity contribution < 1.29 is 4.43 Å². The predicted octanol–water partition coefficient (Wildman–Crippen LogP) is 4.56. The molecule has 94 valence electrons. The van der Waals surface area contributed by atoms with E-state index in [1.807, 2.05) is 0 Å². The quantitative estimate of drug-likeness (QED) is 0.712. The van der Waals surface area contributed by atoms with Gasteiger partial charge >= 0.3 is 0 Å². The molecule has 0 saturated carbocycles. The van der Waals surface area contributed by atoms with Crippen LogP contribution in [0.3, 0.4) is 0 Å². The van der Waals surface area contributed by atoms with Gasteiger partial charge in [-0.3, -0.25) is 0 Å². The third-order valence-corrected chi connectivity index (χ3v) is 6.35. The molecule has 2 rings (SSSR count). The first-order chi connectivity index (χ1) is 8.12. The molecule has 1 aromatic carbocycles. The van der Waals surface area contributed by atoms with E-state index >= 15 is 0 Å². The van der Waals surface area contributed by atoms with Gasteiger partial charge in [-0.1, -0.05) is 43.7 Å². The molecule has 0 aliphatic carbocycles. The SMILES string of the molecule is CCC(c1ccccc1)C1CCC[Si](C)(C)O1. The number of benzene rings is 1. The van der Waals surface area contributed by atoms with Crippen molar-refractivity contribution in [3.63, 3.8) is 0 Å². The lowest BCUT2D eigenvalue weighted by molar-refractivity contribution is 0.129. The summed E-state index contributed by atoms with van der Waals surface area (Å²) in [5, 5.41) is 0. The van der Waals surface area contributed by atoms with Crippen molar-refractivity contribution in [2.75, 3.05) is 0 Å². The van der Waals surface area contributed by atoms with E-state index in [2.05, 4.69) is 50.3 Å². The molecule has 0 spiro atoms. The summed E-state index contributed by atoms with van der Waals surface area (Å²) in [5.74, 6) is 0.586. The molecule has 2 atom stereocenters. The average molecular weight is 248 g/mol. The van der Waals surface area contributed by atoms with Crippen molar-refractivity contribution >= 4 is 8.32 Å². The largest absolute Gasteiger partial charge is 0.414 e. The van der Waals surface area contributed by atoms with Crippen LogP contribution in [0.2, 0.25) is 19.1 Å². The summed E-state index contributed by atoms with van der Waals surface area (Å²) in [5.41, 5.74) is 1.45. The molecule has 17 heavy (non-hydrogen) atoms. The van der Waals surface area contributed by atoms with Crippen LogP contribution in [0, 0.1) is 0 Å². The predicted molar refractivity (Wildman–Crippen MR) is 75.9 cm³/mol. The number of rotatable bonds is 3. The van der Waals surface area contributed by atoms with Gasteiger partial charge in [-0.2, -0.15) is 0 Å². The summed E-state index contributed by atoms with van der Waals surface area (Å²) in [4.78, 5) is 0. The minimum atomic E-state index is -1.37. The van der Waals surface area contributed by atoms with E-state index in [4.69, 9.17) is 4.43 Å². The molecule has 0 N–H and O–H groups in total. The molecule has 1 nitrogen and oxygen atoms in total. The van der Waals surface area contributed by atoms with Crippen LogP contribution < -0.4 is 0 Å². The van der Waals surface area contributed by atoms with Gasteiger partial charge in [0.05, 0.1) is 6.10 Å². The summed E-state index contributed by atoms with van der Waals surface area (Å²) >= 11 is 0. The van der Waals surface area contributed by atoms with Gasteiger partial charge in [-0.05, 0) is 37.5 Å². The van der Waals surface area contributed by atoms with Crippen molar-refractivity contribution in [1.29, 1.82) is 0 Å². The Morgan fingerprint density at radius 2 is 2.00 bits per heavy atom. The molecule has 0 amide bonds. The van der Waals surface area contributed by atoms with Gasteiger partial charge in [0.2, 0.25) is 0 Å². The van der Waals surface area contributed by atoms with Gasteiger partial charge in [0.1, 0.15) is 0 Å². The molecule has 0 radical (unpaired) electrons. The van der Waals surface area contributed by atoms with Crippen molar-refractivity contribution in [2.45, 2.75) is 57.3 Å². The molecule has 1 aromatic rings. The van der Waals surface area contributed by atoms with Crippen LogP contribution in [0.5, 0.6) is 0 Å². The monoisotopic (exact) mass is 248 g/mol. The van der Waals surface area contributed by atoms with Crippen molar-refractivity contribution in [3.8, 4) is 0 Å². The van der Waals surface area contributed by atoms with Gasteiger partial charge in [-0.15, -0.1) is 0 Å². The Hall–Kier alpha value is -0.603. The Morgan fingerprint density at radius 1 is 1.29 bits per heavy atom. The first-order valence-corrected chi connectivity index (χ1v) is 9.97. The van der Waals surface area contributed by atoms with Crippen LogP contribution in [0.25, 0.3) is 0 Å². The zero-order valence-corrected chi connectivity index (χ0v) is 12.3. The maximum atomic E-state index is 6.42. The standard InChI is InChI=1S/C15H24OSi/c1-4-14(13-9-6-5-7-10-13)15-11-8-12-17(2,3)16-15/h5-7,9-10,14-15H,4,8,11-12H2,1-3H3. The second-order valence-corrected chi connectivity index (χ2v) is 9.99. The summed E-state index contributed by atoms with van der Waals surface area (Å²) in [6, 6.07) is 12.2. The third-order valence-electron chi connectivity index (χ3n) is 3.85. The maximum Gasteiger partial charge on any atom is 0.187 e. The van der Waals surface area contributed by atoms with E-state index in [0.717, 1.165) is 0 Å². The maximum absolute atomic E-state index is 6.42. The van der Waals surface area contributed by atoms with Gasteiger partial charge in [0.15, 0.2) is 8.32 Å². The molecule has 2 unspecified atom stereocenters. The highest BCUT2D eigenvalue weighted by Gasteiger charge is 2.34. The fourth-order valence-electron chi connectivity index (χ4n) is 2.95. The normalized spacial score (nSPS) is 25.5. The zero-order valence-electron chi connectivity index (χ0n) is 11.3. The van der Waals surface area contributed by atoms with Crippen LogP contribution in [0.1, 0.15) is 37.7 Å². The van der Waals surface area contributed by atoms with Crippen LogP contribution in [-0.4, -0.2) is 14.4 Å². The summed E-state index contributed by atoms with van der Waals surface area (Å²) in [6.45, 7) is 7.00. The van der Waals surface area contributed by atoms with E-state index in [9.17, 15) is 0 Å². The first kappa shape index (κ1) is 12.8. The summed E-state index contributed by atoms with van der Waals surface area (Å²) in [7, 11) is -1.37. The lowest BCUT2D eigenvalue weighted by atomic mass is 9.89. The Labute approximate surface area is 106 Å². The zero-order chi connectivity index (χ0) is 12.3. The van der Waals surface area contributed by atoms with Gasteiger partial charge in [0.25, 0.3) is 0 Å². The van der Waals surface area contributed by atoms with Crippen LogP contribution in [0.15, 0.2) is 30.3 Å². The number of hydrogen-bond donors (Lipinski definition) is 0. The highest BCUT2D eigenvalue weighted by molar-refractivity contribution is 6.71. The van der Waals surface area contributed by atoms with Crippen LogP contribution in [0.4, 0.5) is 0 Å². The molecule has 1 aliphatic heterocycles. The smallest absolute Gasteiger partial charge is 0.187 e. The van der Waals surface area contributed by atoms with E-state index in [1.54, 1.807) is 0 Å².